The molecule has 1 saturated heterocycles. The van der Waals surface area contributed by atoms with E-state index in [-0.39, 0.29) is 18.3 Å². The molecule has 23 heavy (non-hydrogen) atoms. The Morgan fingerprint density at radius 3 is 2.65 bits per heavy atom. The third-order valence-electron chi connectivity index (χ3n) is 4.43. The maximum Gasteiger partial charge on any atom is 0.220 e. The summed E-state index contributed by atoms with van der Waals surface area (Å²) in [6.07, 6.45) is 2.75. The van der Waals surface area contributed by atoms with Crippen LogP contribution in [-0.4, -0.2) is 48.2 Å². The first kappa shape index (κ1) is 17.9. The summed E-state index contributed by atoms with van der Waals surface area (Å²) >= 11 is 0. The zero-order valence-electron chi connectivity index (χ0n) is 13.8. The zero-order valence-corrected chi connectivity index (χ0v) is 13.8. The van der Waals surface area contributed by atoms with Crippen molar-refractivity contribution >= 4 is 5.91 Å². The van der Waals surface area contributed by atoms with Crippen LogP contribution in [0.1, 0.15) is 31.7 Å². The molecular weight excluding hydrogens is 295 g/mol. The van der Waals surface area contributed by atoms with E-state index < -0.39 is 6.10 Å². The lowest BCUT2D eigenvalue weighted by Crippen LogP contribution is -2.43. The number of amides is 1. The first-order valence-electron chi connectivity index (χ1n) is 8.44. The second-order valence-corrected chi connectivity index (χ2v) is 6.57. The van der Waals surface area contributed by atoms with E-state index >= 15 is 0 Å². The van der Waals surface area contributed by atoms with Gasteiger partial charge in [0.1, 0.15) is 5.82 Å². The quantitative estimate of drug-likeness (QED) is 0.807. The van der Waals surface area contributed by atoms with Gasteiger partial charge in [-0.3, -0.25) is 4.79 Å². The topological polar surface area (TPSA) is 52.6 Å². The third-order valence-corrected chi connectivity index (χ3v) is 4.43. The fourth-order valence-electron chi connectivity index (χ4n) is 2.84. The number of piperidine rings is 1. The molecular formula is C18H27FN2O2. The van der Waals surface area contributed by atoms with Crippen LogP contribution in [0.2, 0.25) is 0 Å². The van der Waals surface area contributed by atoms with Crippen LogP contribution in [0.5, 0.6) is 0 Å². The Labute approximate surface area is 137 Å². The fourth-order valence-corrected chi connectivity index (χ4v) is 2.84. The van der Waals surface area contributed by atoms with Crippen LogP contribution in [0.15, 0.2) is 24.3 Å². The Morgan fingerprint density at radius 2 is 2.00 bits per heavy atom. The van der Waals surface area contributed by atoms with Crippen LogP contribution >= 0.6 is 0 Å². The minimum absolute atomic E-state index is 0.0827. The molecule has 2 N–H and O–H groups in total. The summed E-state index contributed by atoms with van der Waals surface area (Å²) in [4.78, 5) is 14.1. The van der Waals surface area contributed by atoms with Crippen molar-refractivity contribution in [2.24, 2.45) is 5.92 Å². The van der Waals surface area contributed by atoms with Crippen molar-refractivity contribution in [3.05, 3.63) is 35.6 Å². The van der Waals surface area contributed by atoms with Gasteiger partial charge in [0, 0.05) is 19.5 Å². The molecule has 5 heteroatoms. The summed E-state index contributed by atoms with van der Waals surface area (Å²) in [6.45, 7) is 5.21. The average molecular weight is 322 g/mol. The minimum atomic E-state index is -0.529. The average Bonchev–Trinajstić information content (AvgIpc) is 2.54. The lowest BCUT2D eigenvalue weighted by Gasteiger charge is -2.31. The van der Waals surface area contributed by atoms with Gasteiger partial charge in [0.15, 0.2) is 0 Å². The molecule has 0 aromatic heterocycles. The molecule has 128 valence electrons. The first-order valence-corrected chi connectivity index (χ1v) is 8.44. The second-order valence-electron chi connectivity index (χ2n) is 6.57. The number of likely N-dealkylation sites (tertiary alicyclic amines) is 1. The molecule has 1 atom stereocenters. The maximum atomic E-state index is 12.8. The predicted molar refractivity (Wildman–Crippen MR) is 88.6 cm³/mol. The van der Waals surface area contributed by atoms with Gasteiger partial charge in [-0.15, -0.1) is 0 Å². The summed E-state index contributed by atoms with van der Waals surface area (Å²) in [5, 5.41) is 12.8. The number of halogens is 1. The molecule has 1 aromatic rings. The fraction of sp³-hybridized carbons (Fsp3) is 0.611. The largest absolute Gasteiger partial charge is 0.390 e. The van der Waals surface area contributed by atoms with Crippen molar-refractivity contribution in [3.8, 4) is 0 Å². The number of hydrogen-bond donors (Lipinski definition) is 2. The Morgan fingerprint density at radius 1 is 1.35 bits per heavy atom. The monoisotopic (exact) mass is 322 g/mol. The molecule has 1 unspecified atom stereocenters. The minimum Gasteiger partial charge on any atom is -0.390 e. The number of aryl methyl sites for hydroxylation is 1. The Kier molecular flexibility index (Phi) is 6.99. The van der Waals surface area contributed by atoms with E-state index in [4.69, 9.17) is 0 Å². The highest BCUT2D eigenvalue weighted by Crippen LogP contribution is 2.15. The highest BCUT2D eigenvalue weighted by Gasteiger charge is 2.18. The van der Waals surface area contributed by atoms with Crippen molar-refractivity contribution in [2.75, 3.05) is 26.2 Å². The van der Waals surface area contributed by atoms with Crippen molar-refractivity contribution in [3.63, 3.8) is 0 Å². The van der Waals surface area contributed by atoms with E-state index in [0.29, 0.717) is 19.4 Å². The summed E-state index contributed by atoms with van der Waals surface area (Å²) in [5.74, 6) is 0.420. The van der Waals surface area contributed by atoms with Crippen molar-refractivity contribution in [1.82, 2.24) is 10.2 Å². The summed E-state index contributed by atoms with van der Waals surface area (Å²) in [7, 11) is 0. The lowest BCUT2D eigenvalue weighted by molar-refractivity contribution is -0.121. The van der Waals surface area contributed by atoms with E-state index in [1.165, 1.54) is 25.0 Å². The maximum absolute atomic E-state index is 12.8. The SMILES string of the molecule is CC1CCN(CC(O)CNC(=O)CCc2ccc(F)cc2)CC1. The van der Waals surface area contributed by atoms with E-state index in [1.54, 1.807) is 12.1 Å². The first-order chi connectivity index (χ1) is 11.0. The van der Waals surface area contributed by atoms with Crippen LogP contribution in [0.4, 0.5) is 4.39 Å². The van der Waals surface area contributed by atoms with E-state index in [2.05, 4.69) is 17.1 Å². The van der Waals surface area contributed by atoms with Gasteiger partial charge >= 0.3 is 0 Å². The molecule has 0 bridgehead atoms. The number of carbonyl (C=O) groups excluding carboxylic acids is 1. The highest BCUT2D eigenvalue weighted by atomic mass is 19.1. The number of benzene rings is 1. The van der Waals surface area contributed by atoms with Crippen LogP contribution in [-0.2, 0) is 11.2 Å². The molecule has 1 aliphatic heterocycles. The van der Waals surface area contributed by atoms with Gasteiger partial charge in [-0.2, -0.15) is 0 Å². The van der Waals surface area contributed by atoms with E-state index in [9.17, 15) is 14.3 Å². The lowest BCUT2D eigenvalue weighted by atomic mass is 9.99. The van der Waals surface area contributed by atoms with Crippen molar-refractivity contribution in [2.45, 2.75) is 38.7 Å². The van der Waals surface area contributed by atoms with Crippen molar-refractivity contribution in [1.29, 1.82) is 0 Å². The normalized spacial score (nSPS) is 17.9. The third kappa shape index (κ3) is 6.67. The van der Waals surface area contributed by atoms with Gasteiger partial charge in [0.2, 0.25) is 5.91 Å². The van der Waals surface area contributed by atoms with Gasteiger partial charge in [-0.25, -0.2) is 4.39 Å². The molecule has 0 saturated carbocycles. The Hall–Kier alpha value is -1.46. The number of β-amino-alcohol motifs (C(OH)–C–C–N with tert-alkyl or cyclic N) is 1. The molecule has 0 spiro atoms. The number of nitrogens with zero attached hydrogens (tertiary/aromatic N) is 1. The standard InChI is InChI=1S/C18H27FN2O2/c1-14-8-10-21(11-9-14)13-17(22)12-20-18(23)7-4-15-2-5-16(19)6-3-15/h2-3,5-6,14,17,22H,4,7-13H2,1H3,(H,20,23). The van der Waals surface area contributed by atoms with Gasteiger partial charge < -0.3 is 15.3 Å². The number of nitrogens with one attached hydrogen (secondary N) is 1. The molecule has 1 aliphatic rings. The van der Waals surface area contributed by atoms with Crippen LogP contribution < -0.4 is 5.32 Å². The van der Waals surface area contributed by atoms with Gasteiger partial charge in [0.25, 0.3) is 0 Å². The zero-order chi connectivity index (χ0) is 16.7. The summed E-state index contributed by atoms with van der Waals surface area (Å²) in [6, 6.07) is 6.18. The Bertz CT molecular complexity index is 484. The number of hydrogen-bond acceptors (Lipinski definition) is 3. The highest BCUT2D eigenvalue weighted by molar-refractivity contribution is 5.76. The number of rotatable bonds is 7. The smallest absolute Gasteiger partial charge is 0.220 e. The van der Waals surface area contributed by atoms with E-state index in [1.807, 2.05) is 0 Å². The predicted octanol–water partition coefficient (Wildman–Crippen LogP) is 1.97. The van der Waals surface area contributed by atoms with Crippen LogP contribution in [0.3, 0.4) is 0 Å². The van der Waals surface area contributed by atoms with E-state index in [0.717, 1.165) is 24.6 Å². The van der Waals surface area contributed by atoms with Crippen LogP contribution in [0, 0.1) is 11.7 Å². The van der Waals surface area contributed by atoms with Gasteiger partial charge in [-0.1, -0.05) is 19.1 Å². The molecule has 4 nitrogen and oxygen atoms in total. The molecule has 0 radical (unpaired) electrons. The van der Waals surface area contributed by atoms with Crippen LogP contribution in [0.25, 0.3) is 0 Å². The summed E-state index contributed by atoms with van der Waals surface area (Å²) in [5.41, 5.74) is 0.935. The summed E-state index contributed by atoms with van der Waals surface area (Å²) < 4.78 is 12.8. The Balaban J connectivity index is 1.60. The van der Waals surface area contributed by atoms with Gasteiger partial charge in [0.05, 0.1) is 6.10 Å². The van der Waals surface area contributed by atoms with Gasteiger partial charge in [-0.05, 0) is 56.0 Å². The molecule has 1 amide bonds. The molecule has 1 aromatic carbocycles. The molecule has 1 fully saturated rings. The second kappa shape index (κ2) is 8.99. The molecule has 1 heterocycles. The molecule has 0 aliphatic carbocycles. The molecule has 2 rings (SSSR count). The number of aliphatic hydroxyl groups excluding tert-OH is 1. The van der Waals surface area contributed by atoms with Crippen molar-refractivity contribution < 1.29 is 14.3 Å². The number of carbonyl (C=O) groups is 1. The number of aliphatic hydroxyl groups is 1.